The van der Waals surface area contributed by atoms with Gasteiger partial charge in [-0.15, -0.1) is 0 Å². The molecule has 0 radical (unpaired) electrons. The SMILES string of the molecule is NC/C=C/CNC(=O)c1ccc2ccccc2c1. The molecule has 2 rings (SSSR count). The summed E-state index contributed by atoms with van der Waals surface area (Å²) >= 11 is 0. The summed E-state index contributed by atoms with van der Waals surface area (Å²) < 4.78 is 0. The van der Waals surface area contributed by atoms with Gasteiger partial charge in [-0.05, 0) is 22.9 Å². The highest BCUT2D eigenvalue weighted by Gasteiger charge is 2.04. The lowest BCUT2D eigenvalue weighted by atomic mass is 10.1. The van der Waals surface area contributed by atoms with Crippen molar-refractivity contribution < 1.29 is 4.79 Å². The minimum atomic E-state index is -0.0672. The van der Waals surface area contributed by atoms with Crippen molar-refractivity contribution in [3.8, 4) is 0 Å². The Kier molecular flexibility index (Phi) is 4.10. The molecule has 18 heavy (non-hydrogen) atoms. The predicted octanol–water partition coefficient (Wildman–Crippen LogP) is 2.08. The Morgan fingerprint density at radius 3 is 2.67 bits per heavy atom. The smallest absolute Gasteiger partial charge is 0.251 e. The van der Waals surface area contributed by atoms with E-state index in [1.165, 1.54) is 0 Å². The van der Waals surface area contributed by atoms with E-state index in [4.69, 9.17) is 5.73 Å². The molecule has 0 saturated heterocycles. The van der Waals surface area contributed by atoms with Gasteiger partial charge in [0.2, 0.25) is 0 Å². The van der Waals surface area contributed by atoms with Crippen LogP contribution < -0.4 is 11.1 Å². The molecule has 0 aliphatic heterocycles. The number of benzene rings is 2. The fraction of sp³-hybridized carbons (Fsp3) is 0.133. The van der Waals surface area contributed by atoms with Gasteiger partial charge in [0.25, 0.3) is 5.91 Å². The van der Waals surface area contributed by atoms with E-state index in [1.54, 1.807) is 0 Å². The first-order chi connectivity index (χ1) is 8.81. The fourth-order valence-electron chi connectivity index (χ4n) is 1.76. The van der Waals surface area contributed by atoms with Crippen LogP contribution >= 0.6 is 0 Å². The number of rotatable bonds is 4. The monoisotopic (exact) mass is 240 g/mol. The highest BCUT2D eigenvalue weighted by atomic mass is 16.1. The lowest BCUT2D eigenvalue weighted by Crippen LogP contribution is -2.23. The molecule has 0 bridgehead atoms. The van der Waals surface area contributed by atoms with Crippen LogP contribution in [0.25, 0.3) is 10.8 Å². The minimum absolute atomic E-state index is 0.0672. The Bertz CT molecular complexity index is 575. The van der Waals surface area contributed by atoms with Crippen molar-refractivity contribution in [2.45, 2.75) is 0 Å². The van der Waals surface area contributed by atoms with Gasteiger partial charge in [-0.25, -0.2) is 0 Å². The van der Waals surface area contributed by atoms with Gasteiger partial charge >= 0.3 is 0 Å². The Hall–Kier alpha value is -2.13. The molecule has 0 fully saturated rings. The van der Waals surface area contributed by atoms with E-state index in [2.05, 4.69) is 5.32 Å². The number of carbonyl (C=O) groups is 1. The van der Waals surface area contributed by atoms with Gasteiger partial charge in [-0.3, -0.25) is 4.79 Å². The third-order valence-electron chi connectivity index (χ3n) is 2.69. The highest BCUT2D eigenvalue weighted by Crippen LogP contribution is 2.15. The zero-order valence-electron chi connectivity index (χ0n) is 10.1. The molecule has 0 saturated carbocycles. The van der Waals surface area contributed by atoms with Crippen molar-refractivity contribution in [2.75, 3.05) is 13.1 Å². The van der Waals surface area contributed by atoms with Crippen LogP contribution in [0.3, 0.4) is 0 Å². The molecule has 0 aliphatic carbocycles. The summed E-state index contributed by atoms with van der Waals surface area (Å²) in [6, 6.07) is 13.7. The van der Waals surface area contributed by atoms with Gasteiger partial charge in [0, 0.05) is 18.7 Å². The largest absolute Gasteiger partial charge is 0.349 e. The number of nitrogens with two attached hydrogens (primary N) is 1. The molecular formula is C15H16N2O. The first-order valence-corrected chi connectivity index (χ1v) is 5.93. The van der Waals surface area contributed by atoms with E-state index in [-0.39, 0.29) is 5.91 Å². The van der Waals surface area contributed by atoms with E-state index >= 15 is 0 Å². The number of hydrogen-bond donors (Lipinski definition) is 2. The molecule has 0 aromatic heterocycles. The number of fused-ring (bicyclic) bond motifs is 1. The maximum Gasteiger partial charge on any atom is 0.251 e. The highest BCUT2D eigenvalue weighted by molar-refractivity contribution is 5.98. The molecule has 3 N–H and O–H groups in total. The van der Waals surface area contributed by atoms with Crippen LogP contribution in [-0.2, 0) is 0 Å². The summed E-state index contributed by atoms with van der Waals surface area (Å²) in [5.74, 6) is -0.0672. The molecule has 3 nitrogen and oxygen atoms in total. The number of nitrogens with one attached hydrogen (secondary N) is 1. The van der Waals surface area contributed by atoms with Gasteiger partial charge in [0.05, 0.1) is 0 Å². The summed E-state index contributed by atoms with van der Waals surface area (Å²) in [6.07, 6.45) is 3.67. The molecule has 0 aliphatic rings. The minimum Gasteiger partial charge on any atom is -0.349 e. The molecule has 3 heteroatoms. The van der Waals surface area contributed by atoms with Gasteiger partial charge in [0.1, 0.15) is 0 Å². The summed E-state index contributed by atoms with van der Waals surface area (Å²) in [5.41, 5.74) is 6.00. The van der Waals surface area contributed by atoms with Crippen LogP contribution in [0.1, 0.15) is 10.4 Å². The molecule has 0 atom stereocenters. The summed E-state index contributed by atoms with van der Waals surface area (Å²) in [7, 11) is 0. The van der Waals surface area contributed by atoms with Crippen LogP contribution in [0.5, 0.6) is 0 Å². The lowest BCUT2D eigenvalue weighted by molar-refractivity contribution is 0.0958. The van der Waals surface area contributed by atoms with Crippen LogP contribution in [0, 0.1) is 0 Å². The summed E-state index contributed by atoms with van der Waals surface area (Å²) in [5, 5.41) is 5.03. The average molecular weight is 240 g/mol. The predicted molar refractivity (Wildman–Crippen MR) is 74.5 cm³/mol. The van der Waals surface area contributed by atoms with Crippen molar-refractivity contribution in [2.24, 2.45) is 5.73 Å². The molecule has 2 aromatic rings. The molecule has 2 aromatic carbocycles. The van der Waals surface area contributed by atoms with Crippen molar-refractivity contribution in [1.82, 2.24) is 5.32 Å². The maximum atomic E-state index is 11.9. The zero-order chi connectivity index (χ0) is 12.8. The normalized spacial score (nSPS) is 10.9. The topological polar surface area (TPSA) is 55.1 Å². The van der Waals surface area contributed by atoms with E-state index in [9.17, 15) is 4.79 Å². The average Bonchev–Trinajstić information content (AvgIpc) is 2.43. The van der Waals surface area contributed by atoms with Crippen LogP contribution in [0.15, 0.2) is 54.6 Å². The van der Waals surface area contributed by atoms with Crippen molar-refractivity contribution >= 4 is 16.7 Å². The van der Waals surface area contributed by atoms with E-state index in [1.807, 2.05) is 54.6 Å². The first-order valence-electron chi connectivity index (χ1n) is 5.93. The Labute approximate surface area is 106 Å². The van der Waals surface area contributed by atoms with Crippen molar-refractivity contribution in [3.63, 3.8) is 0 Å². The van der Waals surface area contributed by atoms with E-state index < -0.39 is 0 Å². The van der Waals surface area contributed by atoms with Gasteiger partial charge in [-0.1, -0.05) is 42.5 Å². The molecular weight excluding hydrogens is 224 g/mol. The van der Waals surface area contributed by atoms with Crippen molar-refractivity contribution in [3.05, 3.63) is 60.2 Å². The van der Waals surface area contributed by atoms with E-state index in [0.29, 0.717) is 18.7 Å². The first kappa shape index (κ1) is 12.3. The third-order valence-corrected chi connectivity index (χ3v) is 2.69. The van der Waals surface area contributed by atoms with E-state index in [0.717, 1.165) is 10.8 Å². The Balaban J connectivity index is 2.10. The standard InChI is InChI=1S/C15H16N2O/c16-9-3-4-10-17-15(18)14-8-7-12-5-1-2-6-13(12)11-14/h1-8,11H,9-10,16H2,(H,17,18)/b4-3+. The Morgan fingerprint density at radius 1 is 1.11 bits per heavy atom. The van der Waals surface area contributed by atoms with Crippen LogP contribution in [-0.4, -0.2) is 19.0 Å². The quantitative estimate of drug-likeness (QED) is 0.804. The Morgan fingerprint density at radius 2 is 1.89 bits per heavy atom. The third kappa shape index (κ3) is 2.96. The number of carbonyl (C=O) groups excluding carboxylic acids is 1. The fourth-order valence-corrected chi connectivity index (χ4v) is 1.76. The van der Waals surface area contributed by atoms with Gasteiger partial charge in [-0.2, -0.15) is 0 Å². The lowest BCUT2D eigenvalue weighted by Gasteiger charge is -2.04. The second kappa shape index (κ2) is 5.98. The molecule has 0 unspecified atom stereocenters. The molecule has 0 heterocycles. The second-order valence-electron chi connectivity index (χ2n) is 3.98. The van der Waals surface area contributed by atoms with Crippen LogP contribution in [0.2, 0.25) is 0 Å². The summed E-state index contributed by atoms with van der Waals surface area (Å²) in [6.45, 7) is 0.995. The second-order valence-corrected chi connectivity index (χ2v) is 3.98. The van der Waals surface area contributed by atoms with Crippen molar-refractivity contribution in [1.29, 1.82) is 0 Å². The number of hydrogen-bond acceptors (Lipinski definition) is 2. The molecule has 92 valence electrons. The maximum absolute atomic E-state index is 11.9. The molecule has 1 amide bonds. The zero-order valence-corrected chi connectivity index (χ0v) is 10.1. The van der Waals surface area contributed by atoms with Gasteiger partial charge < -0.3 is 11.1 Å². The van der Waals surface area contributed by atoms with Crippen LogP contribution in [0.4, 0.5) is 0 Å². The molecule has 0 spiro atoms. The number of amides is 1. The van der Waals surface area contributed by atoms with Gasteiger partial charge in [0.15, 0.2) is 0 Å². The summed E-state index contributed by atoms with van der Waals surface area (Å²) in [4.78, 5) is 11.9.